The average molecular weight is 964 g/mol. The molecule has 4 aromatic rings. The number of nitrogens with zero attached hydrogens (tertiary/aromatic N) is 7. The average Bonchev–Trinajstić information content (AvgIpc) is 3.58. The molecule has 5 fully saturated rings. The summed E-state index contributed by atoms with van der Waals surface area (Å²) in [6.45, 7) is 9.07. The van der Waals surface area contributed by atoms with Crippen LogP contribution in [0.2, 0.25) is 5.02 Å². The van der Waals surface area contributed by atoms with Crippen LogP contribution >= 0.6 is 11.6 Å². The molecule has 10 rings (SSSR count). The zero-order chi connectivity index (χ0) is 48.1. The van der Waals surface area contributed by atoms with E-state index in [1.165, 1.54) is 19.9 Å². The molecule has 2 aromatic carbocycles. The van der Waals surface area contributed by atoms with Crippen LogP contribution in [-0.2, 0) is 19.1 Å². The molecular formula is C50H59ClN10O8. The number of nitrogens with one attached hydrogen (secondary N) is 3. The van der Waals surface area contributed by atoms with Crippen molar-refractivity contribution in [2.75, 3.05) is 68.0 Å². The molecule has 4 saturated heterocycles. The molecule has 69 heavy (non-hydrogen) atoms. The number of benzene rings is 2. The molecule has 19 heteroatoms. The smallest absolute Gasteiger partial charge is 0.293 e. The van der Waals surface area contributed by atoms with Gasteiger partial charge in [0.2, 0.25) is 17.8 Å². The Morgan fingerprint density at radius 2 is 1.59 bits per heavy atom. The number of likely N-dealkylation sites (N-methyl/N-ethyl adjacent to an activating group) is 1. The molecule has 1 spiro atoms. The molecule has 1 saturated carbocycles. The molecule has 0 unspecified atom stereocenters. The Morgan fingerprint density at radius 1 is 0.870 bits per heavy atom. The first-order valence-corrected chi connectivity index (χ1v) is 24.7. The van der Waals surface area contributed by atoms with Gasteiger partial charge in [0.15, 0.2) is 18.2 Å². The van der Waals surface area contributed by atoms with Crippen molar-refractivity contribution in [3.05, 3.63) is 75.2 Å². The quantitative estimate of drug-likeness (QED) is 0.157. The molecule has 1 atom stereocenters. The number of piperidine rings is 4. The Bertz CT molecular complexity index is 2750. The number of hydrogen-bond donors (Lipinski definition) is 3. The molecule has 2 aromatic heterocycles. The largest absolute Gasteiger partial charge is 0.478 e. The Morgan fingerprint density at radius 3 is 2.30 bits per heavy atom. The monoisotopic (exact) mass is 962 g/mol. The van der Waals surface area contributed by atoms with Gasteiger partial charge in [-0.2, -0.15) is 4.98 Å². The Labute approximate surface area is 405 Å². The van der Waals surface area contributed by atoms with Crippen LogP contribution in [0, 0.1) is 5.41 Å². The van der Waals surface area contributed by atoms with Gasteiger partial charge < -0.3 is 39.4 Å². The summed E-state index contributed by atoms with van der Waals surface area (Å²) in [6, 6.07) is 12.2. The third-order valence-corrected chi connectivity index (χ3v) is 15.6. The van der Waals surface area contributed by atoms with Crippen molar-refractivity contribution in [2.45, 2.75) is 108 Å². The normalized spacial score (nSPS) is 23.1. The number of amides is 5. The topological polar surface area (TPSA) is 201 Å². The van der Waals surface area contributed by atoms with Gasteiger partial charge in [-0.1, -0.05) is 11.6 Å². The number of aromatic nitrogens is 3. The number of fused-ring (bicyclic) bond motifs is 2. The van der Waals surface area contributed by atoms with Crippen molar-refractivity contribution in [1.82, 2.24) is 35.0 Å². The number of ether oxygens (including phenoxy) is 2. The van der Waals surface area contributed by atoms with E-state index in [1.807, 2.05) is 38.1 Å². The number of imide groups is 2. The van der Waals surface area contributed by atoms with Crippen molar-refractivity contribution in [3.8, 4) is 5.75 Å². The highest BCUT2D eigenvalue weighted by Gasteiger charge is 2.46. The number of rotatable bonds is 12. The molecule has 7 heterocycles. The summed E-state index contributed by atoms with van der Waals surface area (Å²) in [4.78, 5) is 93.5. The summed E-state index contributed by atoms with van der Waals surface area (Å²) in [7, 11) is 1.52. The third kappa shape index (κ3) is 9.25. The lowest BCUT2D eigenvalue weighted by Gasteiger charge is -2.51. The summed E-state index contributed by atoms with van der Waals surface area (Å²) in [5.41, 5.74) is 3.01. The van der Waals surface area contributed by atoms with Gasteiger partial charge in [0.25, 0.3) is 23.3 Å². The maximum absolute atomic E-state index is 13.4. The Kier molecular flexibility index (Phi) is 12.8. The maximum atomic E-state index is 13.4. The minimum Gasteiger partial charge on any atom is -0.478 e. The van der Waals surface area contributed by atoms with E-state index in [-0.39, 0.29) is 60.8 Å². The highest BCUT2D eigenvalue weighted by atomic mass is 35.5. The minimum atomic E-state index is -0.970. The van der Waals surface area contributed by atoms with Crippen LogP contribution in [-0.4, -0.2) is 131 Å². The van der Waals surface area contributed by atoms with Crippen molar-refractivity contribution in [2.24, 2.45) is 5.41 Å². The van der Waals surface area contributed by atoms with Crippen molar-refractivity contribution in [1.29, 1.82) is 0 Å². The SMILES string of the molecule is CNC(=O)COc1cc2cc(Nc3nc(N4CCC(OC5CC(N6CCC7(CCN(c8ccc9c(c8)C(=O)N([C@@H]8CCC(=O)NC8=O)C9=O)CC7)CC6)C5)CC4)ncc3Cl)ccc2n(C(C)C)c1=O. The summed E-state index contributed by atoms with van der Waals surface area (Å²) in [6.07, 6.45) is 10.7. The molecule has 5 amide bonds. The van der Waals surface area contributed by atoms with Gasteiger partial charge in [0.1, 0.15) is 11.1 Å². The molecule has 18 nitrogen and oxygen atoms in total. The first kappa shape index (κ1) is 46.6. The number of carbonyl (C=O) groups excluding carboxylic acids is 5. The third-order valence-electron chi connectivity index (χ3n) is 15.3. The highest BCUT2D eigenvalue weighted by Crippen LogP contribution is 2.45. The van der Waals surface area contributed by atoms with E-state index in [1.54, 1.807) is 29.0 Å². The zero-order valence-electron chi connectivity index (χ0n) is 39.3. The van der Waals surface area contributed by atoms with E-state index in [9.17, 15) is 28.8 Å². The second-order valence-electron chi connectivity index (χ2n) is 19.8. The fourth-order valence-corrected chi connectivity index (χ4v) is 11.3. The van der Waals surface area contributed by atoms with Gasteiger partial charge in [0, 0.05) is 68.5 Å². The number of anilines is 4. The van der Waals surface area contributed by atoms with Crippen LogP contribution in [0.15, 0.2) is 53.5 Å². The van der Waals surface area contributed by atoms with Crippen LogP contribution in [0.1, 0.15) is 105 Å². The Hall–Kier alpha value is -6.11. The lowest BCUT2D eigenvalue weighted by Crippen LogP contribution is -2.54. The highest BCUT2D eigenvalue weighted by molar-refractivity contribution is 6.33. The van der Waals surface area contributed by atoms with E-state index >= 15 is 0 Å². The van der Waals surface area contributed by atoms with E-state index in [0.717, 1.165) is 99.3 Å². The van der Waals surface area contributed by atoms with Crippen LogP contribution in [0.25, 0.3) is 10.9 Å². The summed E-state index contributed by atoms with van der Waals surface area (Å²) >= 11 is 6.62. The van der Waals surface area contributed by atoms with Crippen molar-refractivity contribution >= 4 is 75.2 Å². The lowest BCUT2D eigenvalue weighted by molar-refractivity contribution is -0.136. The van der Waals surface area contributed by atoms with Gasteiger partial charge >= 0.3 is 0 Å². The van der Waals surface area contributed by atoms with E-state index < -0.39 is 23.8 Å². The summed E-state index contributed by atoms with van der Waals surface area (Å²) in [5, 5.41) is 9.24. The second kappa shape index (κ2) is 19.0. The number of likely N-dealkylation sites (tertiary alicyclic amines) is 1. The molecule has 1 aliphatic carbocycles. The summed E-state index contributed by atoms with van der Waals surface area (Å²) < 4.78 is 13.9. The second-order valence-corrected chi connectivity index (χ2v) is 20.2. The van der Waals surface area contributed by atoms with Crippen molar-refractivity contribution < 1.29 is 33.4 Å². The van der Waals surface area contributed by atoms with Gasteiger partial charge in [-0.3, -0.25) is 39.0 Å². The molecule has 6 aliphatic rings. The van der Waals surface area contributed by atoms with E-state index in [0.29, 0.717) is 45.1 Å². The number of pyridine rings is 1. The van der Waals surface area contributed by atoms with Gasteiger partial charge in [-0.05, 0) is 133 Å². The van der Waals surface area contributed by atoms with Crippen LogP contribution in [0.3, 0.4) is 0 Å². The van der Waals surface area contributed by atoms with Gasteiger partial charge in [-0.25, -0.2) is 4.98 Å². The molecule has 5 aliphatic heterocycles. The molecular weight excluding hydrogens is 904 g/mol. The van der Waals surface area contributed by atoms with Crippen LogP contribution in [0.5, 0.6) is 5.75 Å². The lowest BCUT2D eigenvalue weighted by atomic mass is 9.70. The first-order valence-electron chi connectivity index (χ1n) is 24.3. The molecule has 364 valence electrons. The fraction of sp³-hybridized carbons (Fsp3) is 0.520. The van der Waals surface area contributed by atoms with E-state index in [2.05, 4.69) is 35.6 Å². The minimum absolute atomic E-state index is 0.0938. The predicted octanol–water partition coefficient (Wildman–Crippen LogP) is 5.19. The standard InChI is InChI=1S/C50H59ClN10O8/c1-29(2)60-39-7-4-31(22-30(39)23-41(48(60)67)68-28-43(63)52-3)54-44-38(51)27-53-49(56-44)59-16-10-34(11-17-59)69-35-24-33(25-35)58-20-14-50(15-21-58)12-18-57(19-13-50)32-5-6-36-37(26-32)47(66)61(46(36)65)40-8-9-42(62)55-45(40)64/h4-7,22-23,26-27,29,33-35,40H,8-21,24-25,28H2,1-3H3,(H,52,63)(H,53,54,56)(H,55,62,64)/t33?,35?,40-/m1/s1. The molecule has 0 radical (unpaired) electrons. The summed E-state index contributed by atoms with van der Waals surface area (Å²) in [5.74, 6) is -1.11. The van der Waals surface area contributed by atoms with E-state index in [4.69, 9.17) is 26.1 Å². The Balaban J connectivity index is 0.671. The molecule has 0 bridgehead atoms. The van der Waals surface area contributed by atoms with Gasteiger partial charge in [-0.15, -0.1) is 0 Å². The van der Waals surface area contributed by atoms with Crippen molar-refractivity contribution in [3.63, 3.8) is 0 Å². The van der Waals surface area contributed by atoms with Crippen LogP contribution < -0.4 is 36.0 Å². The number of halogens is 1. The van der Waals surface area contributed by atoms with Gasteiger partial charge in [0.05, 0.1) is 35.0 Å². The fourth-order valence-electron chi connectivity index (χ4n) is 11.1. The molecule has 3 N–H and O–H groups in total. The number of hydrogen-bond acceptors (Lipinski definition) is 14. The number of carbonyl (C=O) groups is 5. The first-order chi connectivity index (χ1) is 33.3. The zero-order valence-corrected chi connectivity index (χ0v) is 40.1. The maximum Gasteiger partial charge on any atom is 0.293 e. The predicted molar refractivity (Wildman–Crippen MR) is 259 cm³/mol. The van der Waals surface area contributed by atoms with Crippen LogP contribution in [0.4, 0.5) is 23.1 Å².